The fourth-order valence-corrected chi connectivity index (χ4v) is 3.65. The molecule has 1 aromatic carbocycles. The molecule has 0 N–H and O–H groups in total. The molecular weight excluding hydrogens is 300 g/mol. The molecule has 1 heterocycles. The average molecular weight is 315 g/mol. The van der Waals surface area contributed by atoms with Gasteiger partial charge in [-0.2, -0.15) is 5.26 Å². The summed E-state index contributed by atoms with van der Waals surface area (Å²) >= 11 is 7.46. The number of nitriles is 1. The van der Waals surface area contributed by atoms with E-state index in [0.29, 0.717) is 0 Å². The van der Waals surface area contributed by atoms with Crippen LogP contribution in [0.1, 0.15) is 37.1 Å². The van der Waals surface area contributed by atoms with Gasteiger partial charge in [0.25, 0.3) is 0 Å². The fraction of sp³-hybridized carbons (Fsp3) is 0.294. The number of rotatable bonds is 2. The molecule has 1 saturated carbocycles. The second-order valence-electron chi connectivity index (χ2n) is 5.20. The monoisotopic (exact) mass is 314 g/mol. The van der Waals surface area contributed by atoms with Gasteiger partial charge in [-0.1, -0.05) is 30.2 Å². The summed E-state index contributed by atoms with van der Waals surface area (Å²) in [6.07, 6.45) is 5.74. The summed E-state index contributed by atoms with van der Waals surface area (Å²) < 4.78 is 0. The van der Waals surface area contributed by atoms with E-state index in [2.05, 4.69) is 11.1 Å². The smallest absolute Gasteiger partial charge is 0.134 e. The van der Waals surface area contributed by atoms with Crippen molar-refractivity contribution in [2.75, 3.05) is 0 Å². The Morgan fingerprint density at radius 2 is 1.86 bits per heavy atom. The maximum atomic E-state index is 9.49. The lowest BCUT2D eigenvalue weighted by Crippen LogP contribution is -1.97. The number of allylic oxidation sites excluding steroid dienone is 2. The maximum absolute atomic E-state index is 9.49. The molecule has 2 nitrogen and oxygen atoms in total. The summed E-state index contributed by atoms with van der Waals surface area (Å²) in [7, 11) is 0. The van der Waals surface area contributed by atoms with E-state index in [4.69, 9.17) is 11.6 Å². The summed E-state index contributed by atoms with van der Waals surface area (Å²) in [5.74, 6) is 0. The minimum Gasteiger partial charge on any atom is -0.235 e. The minimum atomic E-state index is 0.719. The van der Waals surface area contributed by atoms with E-state index in [1.54, 1.807) is 11.3 Å². The van der Waals surface area contributed by atoms with Crippen molar-refractivity contribution in [1.82, 2.24) is 4.98 Å². The molecule has 0 spiro atoms. The molecule has 0 bridgehead atoms. The van der Waals surface area contributed by atoms with E-state index < -0.39 is 0 Å². The molecule has 0 radical (unpaired) electrons. The highest BCUT2D eigenvalue weighted by Crippen LogP contribution is 2.33. The van der Waals surface area contributed by atoms with Gasteiger partial charge in [0.05, 0.1) is 11.3 Å². The van der Waals surface area contributed by atoms with E-state index in [-0.39, 0.29) is 0 Å². The first-order valence-electron chi connectivity index (χ1n) is 7.12. The van der Waals surface area contributed by atoms with E-state index in [0.717, 1.165) is 39.7 Å². The van der Waals surface area contributed by atoms with Crippen LogP contribution in [0.5, 0.6) is 0 Å². The summed E-state index contributed by atoms with van der Waals surface area (Å²) in [4.78, 5) is 4.65. The third-order valence-corrected chi connectivity index (χ3v) is 4.89. The lowest BCUT2D eigenvalue weighted by molar-refractivity contribution is 0.601. The van der Waals surface area contributed by atoms with Gasteiger partial charge in [-0.25, -0.2) is 4.98 Å². The number of aromatic nitrogens is 1. The summed E-state index contributed by atoms with van der Waals surface area (Å²) in [6, 6.07) is 10.0. The Bertz CT molecular complexity index is 699. The average Bonchev–Trinajstić information content (AvgIpc) is 2.99. The molecule has 0 atom stereocenters. The van der Waals surface area contributed by atoms with Crippen LogP contribution in [0.4, 0.5) is 0 Å². The third-order valence-electron chi connectivity index (χ3n) is 3.78. The van der Waals surface area contributed by atoms with Crippen LogP contribution < -0.4 is 0 Å². The Kier molecular flexibility index (Phi) is 4.38. The Labute approximate surface area is 133 Å². The molecule has 1 aliphatic rings. The standard InChI is InChI=1S/C17H15ClN2S/c18-14-8-6-13(7-9-14)16-11-21-17(20-16)15(10-19)12-4-2-1-3-5-12/h6-9,11H,1-5H2. The van der Waals surface area contributed by atoms with E-state index >= 15 is 0 Å². The first-order valence-corrected chi connectivity index (χ1v) is 8.37. The summed E-state index contributed by atoms with van der Waals surface area (Å²) in [5.41, 5.74) is 4.02. The summed E-state index contributed by atoms with van der Waals surface area (Å²) in [6.45, 7) is 0. The van der Waals surface area contributed by atoms with Crippen LogP contribution in [0.15, 0.2) is 35.2 Å². The topological polar surface area (TPSA) is 36.7 Å². The highest BCUT2D eigenvalue weighted by atomic mass is 35.5. The van der Waals surface area contributed by atoms with Gasteiger partial charge in [-0.05, 0) is 43.4 Å². The maximum Gasteiger partial charge on any atom is 0.134 e. The largest absolute Gasteiger partial charge is 0.235 e. The fourth-order valence-electron chi connectivity index (χ4n) is 2.65. The molecule has 2 aromatic rings. The summed E-state index contributed by atoms with van der Waals surface area (Å²) in [5, 5.41) is 13.1. The first-order chi connectivity index (χ1) is 10.3. The number of hydrogen-bond donors (Lipinski definition) is 0. The zero-order valence-corrected chi connectivity index (χ0v) is 13.2. The highest BCUT2D eigenvalue weighted by Gasteiger charge is 2.16. The van der Waals surface area contributed by atoms with E-state index in [1.165, 1.54) is 24.8 Å². The van der Waals surface area contributed by atoms with Crippen LogP contribution in [0, 0.1) is 11.3 Å². The number of halogens is 1. The molecule has 1 fully saturated rings. The Balaban J connectivity index is 1.93. The lowest BCUT2D eigenvalue weighted by atomic mass is 9.91. The molecule has 1 aromatic heterocycles. The van der Waals surface area contributed by atoms with Crippen molar-refractivity contribution in [2.45, 2.75) is 32.1 Å². The molecule has 21 heavy (non-hydrogen) atoms. The van der Waals surface area contributed by atoms with Gasteiger partial charge in [0.15, 0.2) is 0 Å². The first kappa shape index (κ1) is 14.3. The third kappa shape index (κ3) is 3.18. The number of nitrogens with zero attached hydrogens (tertiary/aromatic N) is 2. The highest BCUT2D eigenvalue weighted by molar-refractivity contribution is 7.11. The van der Waals surface area contributed by atoms with Crippen LogP contribution >= 0.6 is 22.9 Å². The predicted molar refractivity (Wildman–Crippen MR) is 88.2 cm³/mol. The Morgan fingerprint density at radius 3 is 2.52 bits per heavy atom. The predicted octanol–water partition coefficient (Wildman–Crippen LogP) is 5.70. The van der Waals surface area contributed by atoms with Crippen molar-refractivity contribution in [2.24, 2.45) is 0 Å². The molecule has 3 rings (SSSR count). The van der Waals surface area contributed by atoms with Crippen LogP contribution in [0.25, 0.3) is 16.8 Å². The second-order valence-corrected chi connectivity index (χ2v) is 6.49. The number of benzene rings is 1. The normalized spacial score (nSPS) is 14.8. The van der Waals surface area contributed by atoms with Gasteiger partial charge in [-0.3, -0.25) is 0 Å². The van der Waals surface area contributed by atoms with Crippen LogP contribution in [-0.2, 0) is 0 Å². The van der Waals surface area contributed by atoms with E-state index in [9.17, 15) is 5.26 Å². The number of thiazole rings is 1. The van der Waals surface area contributed by atoms with Crippen molar-refractivity contribution in [3.8, 4) is 17.3 Å². The molecule has 0 aliphatic heterocycles. The molecule has 106 valence electrons. The SMILES string of the molecule is N#CC(=C1CCCCC1)c1nc(-c2ccc(Cl)cc2)cs1. The van der Waals surface area contributed by atoms with Crippen molar-refractivity contribution < 1.29 is 0 Å². The van der Waals surface area contributed by atoms with Crippen molar-refractivity contribution in [3.05, 3.63) is 45.2 Å². The van der Waals surface area contributed by atoms with Crippen LogP contribution in [-0.4, -0.2) is 4.98 Å². The van der Waals surface area contributed by atoms with Gasteiger partial charge >= 0.3 is 0 Å². The van der Waals surface area contributed by atoms with Gasteiger partial charge in [0.2, 0.25) is 0 Å². The molecule has 1 aliphatic carbocycles. The number of hydrogen-bond acceptors (Lipinski definition) is 3. The molecule has 0 saturated heterocycles. The van der Waals surface area contributed by atoms with E-state index in [1.807, 2.05) is 29.6 Å². The molecular formula is C17H15ClN2S. The van der Waals surface area contributed by atoms with Crippen molar-refractivity contribution in [3.63, 3.8) is 0 Å². The quantitative estimate of drug-likeness (QED) is 0.666. The Morgan fingerprint density at radius 1 is 1.14 bits per heavy atom. The van der Waals surface area contributed by atoms with Crippen molar-refractivity contribution >= 4 is 28.5 Å². The zero-order valence-electron chi connectivity index (χ0n) is 11.6. The zero-order chi connectivity index (χ0) is 14.7. The van der Waals surface area contributed by atoms with Crippen molar-refractivity contribution in [1.29, 1.82) is 5.26 Å². The van der Waals surface area contributed by atoms with Gasteiger partial charge in [0, 0.05) is 16.0 Å². The minimum absolute atomic E-state index is 0.719. The van der Waals surface area contributed by atoms with Gasteiger partial charge in [0.1, 0.15) is 11.1 Å². The van der Waals surface area contributed by atoms with Gasteiger partial charge in [-0.15, -0.1) is 11.3 Å². The molecule has 0 amide bonds. The Hall–Kier alpha value is -1.63. The van der Waals surface area contributed by atoms with Crippen LogP contribution in [0.2, 0.25) is 5.02 Å². The lowest BCUT2D eigenvalue weighted by Gasteiger charge is -2.14. The van der Waals surface area contributed by atoms with Gasteiger partial charge < -0.3 is 0 Å². The van der Waals surface area contributed by atoms with Crippen LogP contribution in [0.3, 0.4) is 0 Å². The second kappa shape index (κ2) is 6.43. The molecule has 4 heteroatoms. The molecule has 0 unspecified atom stereocenters.